The molecular weight excluding hydrogens is 316 g/mol. The third kappa shape index (κ3) is 3.33. The van der Waals surface area contributed by atoms with Crippen molar-refractivity contribution in [3.63, 3.8) is 0 Å². The third-order valence-corrected chi connectivity index (χ3v) is 4.16. The predicted octanol–water partition coefficient (Wildman–Crippen LogP) is 2.19. The summed E-state index contributed by atoms with van der Waals surface area (Å²) >= 11 is 5.95. The Morgan fingerprint density at radius 2 is 2.09 bits per heavy atom. The van der Waals surface area contributed by atoms with Gasteiger partial charge in [-0.1, -0.05) is 11.6 Å². The first-order valence-corrected chi connectivity index (χ1v) is 7.83. The Kier molecular flexibility index (Phi) is 4.54. The number of aryl methyl sites for hydroxylation is 1. The highest BCUT2D eigenvalue weighted by Crippen LogP contribution is 2.21. The van der Waals surface area contributed by atoms with Crippen molar-refractivity contribution in [2.24, 2.45) is 7.05 Å². The normalized spacial score (nSPS) is 14.8. The van der Waals surface area contributed by atoms with E-state index in [0.717, 1.165) is 37.8 Å². The van der Waals surface area contributed by atoms with Crippen molar-refractivity contribution in [1.82, 2.24) is 9.55 Å². The van der Waals surface area contributed by atoms with E-state index in [9.17, 15) is 4.79 Å². The fourth-order valence-corrected chi connectivity index (χ4v) is 2.83. The Morgan fingerprint density at radius 3 is 2.65 bits per heavy atom. The second-order valence-corrected chi connectivity index (χ2v) is 5.93. The van der Waals surface area contributed by atoms with Crippen LogP contribution >= 0.6 is 11.6 Å². The maximum Gasteiger partial charge on any atom is 0.274 e. The summed E-state index contributed by atoms with van der Waals surface area (Å²) in [6, 6.07) is 5.50. The van der Waals surface area contributed by atoms with Crippen molar-refractivity contribution in [2.75, 3.05) is 43.2 Å². The number of hydrogen-bond donors (Lipinski definition) is 0. The number of anilines is 2. The highest BCUT2D eigenvalue weighted by molar-refractivity contribution is 6.31. The van der Waals surface area contributed by atoms with Gasteiger partial charge in [0, 0.05) is 33.4 Å². The number of halogens is 1. The van der Waals surface area contributed by atoms with Crippen molar-refractivity contribution >= 4 is 29.0 Å². The molecule has 1 amide bonds. The molecule has 23 heavy (non-hydrogen) atoms. The molecule has 0 bridgehead atoms. The van der Waals surface area contributed by atoms with E-state index < -0.39 is 0 Å². The molecule has 0 aromatic carbocycles. The third-order valence-electron chi connectivity index (χ3n) is 3.95. The maximum absolute atomic E-state index is 12.6. The van der Waals surface area contributed by atoms with Gasteiger partial charge in [-0.15, -0.1) is 0 Å². The minimum absolute atomic E-state index is 0.125. The van der Waals surface area contributed by atoms with Gasteiger partial charge in [0.1, 0.15) is 11.5 Å². The van der Waals surface area contributed by atoms with Gasteiger partial charge in [-0.05, 0) is 18.2 Å². The van der Waals surface area contributed by atoms with Crippen molar-refractivity contribution in [3.8, 4) is 0 Å². The first kappa shape index (κ1) is 15.8. The van der Waals surface area contributed by atoms with E-state index in [1.807, 2.05) is 12.1 Å². The second-order valence-electron chi connectivity index (χ2n) is 5.49. The van der Waals surface area contributed by atoms with Crippen molar-refractivity contribution < 1.29 is 9.53 Å². The van der Waals surface area contributed by atoms with E-state index in [1.54, 1.807) is 42.0 Å². The molecule has 1 aliphatic heterocycles. The van der Waals surface area contributed by atoms with Crippen LogP contribution in [0.25, 0.3) is 0 Å². The van der Waals surface area contributed by atoms with Crippen LogP contribution < -0.4 is 9.80 Å². The minimum Gasteiger partial charge on any atom is -0.378 e. The molecule has 0 N–H and O–H groups in total. The highest BCUT2D eigenvalue weighted by Gasteiger charge is 2.18. The molecule has 1 saturated heterocycles. The summed E-state index contributed by atoms with van der Waals surface area (Å²) in [6.07, 6.45) is 3.43. The van der Waals surface area contributed by atoms with Gasteiger partial charge in [-0.25, -0.2) is 4.98 Å². The second kappa shape index (κ2) is 6.60. The molecule has 7 heteroatoms. The van der Waals surface area contributed by atoms with Crippen LogP contribution in [0.5, 0.6) is 0 Å². The summed E-state index contributed by atoms with van der Waals surface area (Å²) < 4.78 is 7.06. The monoisotopic (exact) mass is 334 g/mol. The minimum atomic E-state index is -0.125. The van der Waals surface area contributed by atoms with Gasteiger partial charge in [0.15, 0.2) is 0 Å². The molecule has 0 spiro atoms. The van der Waals surface area contributed by atoms with Gasteiger partial charge in [-0.3, -0.25) is 4.79 Å². The summed E-state index contributed by atoms with van der Waals surface area (Å²) in [5, 5.41) is 0.546. The Balaban J connectivity index is 1.75. The van der Waals surface area contributed by atoms with Gasteiger partial charge in [0.25, 0.3) is 5.91 Å². The van der Waals surface area contributed by atoms with Crippen LogP contribution in [0.4, 0.5) is 11.5 Å². The zero-order valence-corrected chi connectivity index (χ0v) is 14.0. The van der Waals surface area contributed by atoms with Crippen molar-refractivity contribution in [3.05, 3.63) is 41.3 Å². The van der Waals surface area contributed by atoms with Crippen LogP contribution in [-0.4, -0.2) is 48.8 Å². The van der Waals surface area contributed by atoms with E-state index >= 15 is 0 Å². The Morgan fingerprint density at radius 1 is 1.35 bits per heavy atom. The van der Waals surface area contributed by atoms with Gasteiger partial charge >= 0.3 is 0 Å². The van der Waals surface area contributed by atoms with E-state index in [4.69, 9.17) is 16.3 Å². The number of nitrogens with zero attached hydrogens (tertiary/aromatic N) is 4. The van der Waals surface area contributed by atoms with E-state index in [0.29, 0.717) is 10.7 Å². The van der Waals surface area contributed by atoms with Gasteiger partial charge in [0.2, 0.25) is 0 Å². The van der Waals surface area contributed by atoms with Gasteiger partial charge in [0.05, 0.1) is 30.1 Å². The lowest BCUT2D eigenvalue weighted by Gasteiger charge is -2.28. The lowest BCUT2D eigenvalue weighted by atomic mass is 10.3. The predicted molar refractivity (Wildman–Crippen MR) is 90.4 cm³/mol. The summed E-state index contributed by atoms with van der Waals surface area (Å²) in [5.74, 6) is 0.778. The van der Waals surface area contributed by atoms with Gasteiger partial charge in [-0.2, -0.15) is 0 Å². The zero-order valence-electron chi connectivity index (χ0n) is 13.2. The van der Waals surface area contributed by atoms with E-state index in [2.05, 4.69) is 9.88 Å². The average Bonchev–Trinajstić information content (AvgIpc) is 2.93. The molecule has 6 nitrogen and oxygen atoms in total. The topological polar surface area (TPSA) is 50.6 Å². The molecule has 3 rings (SSSR count). The molecule has 0 radical (unpaired) electrons. The first-order chi connectivity index (χ1) is 11.1. The number of pyridine rings is 1. The number of morpholine rings is 1. The molecule has 2 aromatic heterocycles. The van der Waals surface area contributed by atoms with Crippen molar-refractivity contribution in [1.29, 1.82) is 0 Å². The standard InChI is InChI=1S/C16H19ClN4O2/c1-19-11-12(17)9-14(19)16(22)20(2)13-3-4-15(18-10-13)21-5-7-23-8-6-21/h3-4,9-11H,5-8H2,1-2H3. The molecule has 0 saturated carbocycles. The molecule has 2 aromatic rings. The first-order valence-electron chi connectivity index (χ1n) is 7.45. The number of aromatic nitrogens is 2. The SMILES string of the molecule is CN(C(=O)c1cc(Cl)cn1C)c1ccc(N2CCOCC2)nc1. The number of carbonyl (C=O) groups excluding carboxylic acids is 1. The zero-order chi connectivity index (χ0) is 16.4. The molecule has 1 fully saturated rings. The number of amides is 1. The lowest BCUT2D eigenvalue weighted by molar-refractivity contribution is 0.0985. The quantitative estimate of drug-likeness (QED) is 0.863. The number of ether oxygens (including phenoxy) is 1. The lowest BCUT2D eigenvalue weighted by Crippen LogP contribution is -2.36. The van der Waals surface area contributed by atoms with Crippen LogP contribution in [0.3, 0.4) is 0 Å². The smallest absolute Gasteiger partial charge is 0.274 e. The van der Waals surface area contributed by atoms with Crippen molar-refractivity contribution in [2.45, 2.75) is 0 Å². The Labute approximate surface area is 140 Å². The van der Waals surface area contributed by atoms with Crippen LogP contribution in [0.15, 0.2) is 30.6 Å². The summed E-state index contributed by atoms with van der Waals surface area (Å²) in [6.45, 7) is 3.11. The van der Waals surface area contributed by atoms with Crippen LogP contribution in [0.1, 0.15) is 10.5 Å². The summed E-state index contributed by atoms with van der Waals surface area (Å²) in [4.78, 5) is 20.8. The summed E-state index contributed by atoms with van der Waals surface area (Å²) in [5.41, 5.74) is 1.28. The Hall–Kier alpha value is -2.05. The molecule has 0 atom stereocenters. The number of rotatable bonds is 3. The number of carbonyl (C=O) groups is 1. The summed E-state index contributed by atoms with van der Waals surface area (Å²) in [7, 11) is 3.53. The van der Waals surface area contributed by atoms with Crippen LogP contribution in [0, 0.1) is 0 Å². The average molecular weight is 335 g/mol. The van der Waals surface area contributed by atoms with E-state index in [-0.39, 0.29) is 5.91 Å². The fraction of sp³-hybridized carbons (Fsp3) is 0.375. The van der Waals surface area contributed by atoms with E-state index in [1.165, 1.54) is 0 Å². The Bertz CT molecular complexity index is 693. The van der Waals surface area contributed by atoms with Crippen LogP contribution in [0.2, 0.25) is 5.02 Å². The molecule has 0 aliphatic carbocycles. The molecular formula is C16H19ClN4O2. The van der Waals surface area contributed by atoms with Crippen LogP contribution in [-0.2, 0) is 11.8 Å². The number of hydrogen-bond acceptors (Lipinski definition) is 4. The molecule has 1 aliphatic rings. The maximum atomic E-state index is 12.6. The molecule has 3 heterocycles. The fourth-order valence-electron chi connectivity index (χ4n) is 2.58. The largest absolute Gasteiger partial charge is 0.378 e. The molecule has 122 valence electrons. The molecule has 0 unspecified atom stereocenters. The van der Waals surface area contributed by atoms with Gasteiger partial charge < -0.3 is 19.1 Å². The highest BCUT2D eigenvalue weighted by atomic mass is 35.5.